The molecule has 0 aromatic heterocycles. The molecule has 0 unspecified atom stereocenters. The van der Waals surface area contributed by atoms with E-state index >= 15 is 0 Å². The fourth-order valence-corrected chi connectivity index (χ4v) is 1.50. The zero-order valence-electron chi connectivity index (χ0n) is 11.7. The van der Waals surface area contributed by atoms with Crippen molar-refractivity contribution >= 4 is 5.91 Å². The van der Waals surface area contributed by atoms with Gasteiger partial charge in [-0.1, -0.05) is 39.8 Å². The number of benzene rings is 1. The molecule has 1 aromatic rings. The molecule has 1 rings (SSSR count). The predicted octanol–water partition coefficient (Wildman–Crippen LogP) is 2.56. The summed E-state index contributed by atoms with van der Waals surface area (Å²) < 4.78 is 0. The number of aliphatic hydroxyl groups excluding tert-OH is 1. The maximum absolute atomic E-state index is 11.9. The lowest BCUT2D eigenvalue weighted by Crippen LogP contribution is -2.36. The smallest absolute Gasteiger partial charge is 0.251 e. The third-order valence-corrected chi connectivity index (χ3v) is 3.00. The predicted molar refractivity (Wildman–Crippen MR) is 73.7 cm³/mol. The van der Waals surface area contributed by atoms with Crippen LogP contribution in [-0.4, -0.2) is 24.2 Å². The third-order valence-electron chi connectivity index (χ3n) is 3.00. The lowest BCUT2D eigenvalue weighted by Gasteiger charge is -2.21. The van der Waals surface area contributed by atoms with Gasteiger partial charge in [0, 0.05) is 24.1 Å². The van der Waals surface area contributed by atoms with Crippen LogP contribution in [0.25, 0.3) is 0 Å². The molecule has 0 fully saturated rings. The Kier molecular flexibility index (Phi) is 4.91. The molecule has 0 radical (unpaired) electrons. The monoisotopic (exact) mass is 249 g/mol. The van der Waals surface area contributed by atoms with E-state index in [1.807, 2.05) is 38.1 Å². The van der Waals surface area contributed by atoms with Gasteiger partial charge in [-0.15, -0.1) is 0 Å². The Balaban J connectivity index is 2.62. The first-order chi connectivity index (χ1) is 8.35. The number of aliphatic hydroxyl groups is 1. The van der Waals surface area contributed by atoms with Gasteiger partial charge in [0.05, 0.1) is 0 Å². The Morgan fingerprint density at radius 1 is 1.28 bits per heavy atom. The second-order valence-corrected chi connectivity index (χ2v) is 5.78. The highest BCUT2D eigenvalue weighted by atomic mass is 16.3. The molecule has 3 heteroatoms. The number of rotatable bonds is 5. The first-order valence-electron chi connectivity index (χ1n) is 6.35. The Morgan fingerprint density at radius 2 is 1.83 bits per heavy atom. The molecule has 0 aliphatic rings. The molecule has 0 atom stereocenters. The molecule has 0 heterocycles. The first kappa shape index (κ1) is 14.7. The van der Waals surface area contributed by atoms with E-state index in [0.717, 1.165) is 0 Å². The molecule has 1 amide bonds. The van der Waals surface area contributed by atoms with Crippen molar-refractivity contribution in [3.63, 3.8) is 0 Å². The van der Waals surface area contributed by atoms with Crippen LogP contribution in [0, 0.1) is 5.41 Å². The highest BCUT2D eigenvalue weighted by Gasteiger charge is 2.17. The largest absolute Gasteiger partial charge is 0.396 e. The van der Waals surface area contributed by atoms with E-state index in [4.69, 9.17) is 5.11 Å². The SMILES string of the molecule is CC(C)c1ccc(C(=O)NCC(C)(C)CO)cc1. The van der Waals surface area contributed by atoms with Crippen molar-refractivity contribution in [2.75, 3.05) is 13.2 Å². The normalized spacial score (nSPS) is 11.7. The molecule has 0 saturated carbocycles. The number of carbonyl (C=O) groups excluding carboxylic acids is 1. The molecule has 1 aromatic carbocycles. The highest BCUT2D eigenvalue weighted by Crippen LogP contribution is 2.15. The van der Waals surface area contributed by atoms with Crippen LogP contribution >= 0.6 is 0 Å². The van der Waals surface area contributed by atoms with Gasteiger partial charge in [0.15, 0.2) is 0 Å². The van der Waals surface area contributed by atoms with Crippen molar-refractivity contribution in [3.05, 3.63) is 35.4 Å². The summed E-state index contributed by atoms with van der Waals surface area (Å²) in [5, 5.41) is 12.0. The summed E-state index contributed by atoms with van der Waals surface area (Å²) in [4.78, 5) is 11.9. The van der Waals surface area contributed by atoms with E-state index in [-0.39, 0.29) is 17.9 Å². The molecule has 3 nitrogen and oxygen atoms in total. The van der Waals surface area contributed by atoms with Crippen LogP contribution in [-0.2, 0) is 0 Å². The van der Waals surface area contributed by atoms with Crippen molar-refractivity contribution in [2.24, 2.45) is 5.41 Å². The molecule has 18 heavy (non-hydrogen) atoms. The maximum Gasteiger partial charge on any atom is 0.251 e. The number of nitrogens with one attached hydrogen (secondary N) is 1. The third kappa shape index (κ3) is 4.15. The zero-order valence-corrected chi connectivity index (χ0v) is 11.7. The second-order valence-electron chi connectivity index (χ2n) is 5.78. The minimum atomic E-state index is -0.284. The fraction of sp³-hybridized carbons (Fsp3) is 0.533. The summed E-state index contributed by atoms with van der Waals surface area (Å²) >= 11 is 0. The number of hydrogen-bond acceptors (Lipinski definition) is 2. The maximum atomic E-state index is 11.9. The fourth-order valence-electron chi connectivity index (χ4n) is 1.50. The number of amides is 1. The van der Waals surface area contributed by atoms with E-state index in [2.05, 4.69) is 19.2 Å². The first-order valence-corrected chi connectivity index (χ1v) is 6.35. The Hall–Kier alpha value is -1.35. The van der Waals surface area contributed by atoms with E-state index in [1.165, 1.54) is 5.56 Å². The summed E-state index contributed by atoms with van der Waals surface area (Å²) in [6.45, 7) is 8.59. The lowest BCUT2D eigenvalue weighted by atomic mass is 9.95. The van der Waals surface area contributed by atoms with E-state index in [9.17, 15) is 4.79 Å². The molecule has 0 aliphatic carbocycles. The summed E-state index contributed by atoms with van der Waals surface area (Å²) in [5.74, 6) is 0.377. The molecule has 0 saturated heterocycles. The van der Waals surface area contributed by atoms with E-state index in [0.29, 0.717) is 18.0 Å². The van der Waals surface area contributed by atoms with Gasteiger partial charge in [-0.05, 0) is 23.6 Å². The molecular weight excluding hydrogens is 226 g/mol. The standard InChI is InChI=1S/C15H23NO2/c1-11(2)12-5-7-13(8-6-12)14(18)16-9-15(3,4)10-17/h5-8,11,17H,9-10H2,1-4H3,(H,16,18). The molecule has 0 bridgehead atoms. The lowest BCUT2D eigenvalue weighted by molar-refractivity contribution is 0.0911. The number of carbonyl (C=O) groups is 1. The van der Waals surface area contributed by atoms with Crippen LogP contribution in [0.5, 0.6) is 0 Å². The van der Waals surface area contributed by atoms with Gasteiger partial charge in [0.2, 0.25) is 0 Å². The Labute approximate surface area is 109 Å². The highest BCUT2D eigenvalue weighted by molar-refractivity contribution is 5.94. The van der Waals surface area contributed by atoms with Crippen LogP contribution < -0.4 is 5.32 Å². The van der Waals surface area contributed by atoms with Gasteiger partial charge in [-0.2, -0.15) is 0 Å². The van der Waals surface area contributed by atoms with E-state index in [1.54, 1.807) is 0 Å². The van der Waals surface area contributed by atoms with Crippen LogP contribution in [0.4, 0.5) is 0 Å². The quantitative estimate of drug-likeness (QED) is 0.842. The van der Waals surface area contributed by atoms with Crippen molar-refractivity contribution < 1.29 is 9.90 Å². The minimum Gasteiger partial charge on any atom is -0.396 e. The molecular formula is C15H23NO2. The van der Waals surface area contributed by atoms with Gasteiger partial charge in [0.25, 0.3) is 5.91 Å². The van der Waals surface area contributed by atoms with Crippen molar-refractivity contribution in [2.45, 2.75) is 33.6 Å². The summed E-state index contributed by atoms with van der Waals surface area (Å²) in [5.41, 5.74) is 1.60. The molecule has 2 N–H and O–H groups in total. The topological polar surface area (TPSA) is 49.3 Å². The van der Waals surface area contributed by atoms with Gasteiger partial charge in [-0.25, -0.2) is 0 Å². The minimum absolute atomic E-state index is 0.0551. The van der Waals surface area contributed by atoms with Crippen molar-refractivity contribution in [1.82, 2.24) is 5.32 Å². The van der Waals surface area contributed by atoms with Crippen LogP contribution in [0.1, 0.15) is 49.5 Å². The van der Waals surface area contributed by atoms with Gasteiger partial charge < -0.3 is 10.4 Å². The van der Waals surface area contributed by atoms with Crippen molar-refractivity contribution in [1.29, 1.82) is 0 Å². The van der Waals surface area contributed by atoms with Crippen LogP contribution in [0.15, 0.2) is 24.3 Å². The van der Waals surface area contributed by atoms with Gasteiger partial charge in [0.1, 0.15) is 0 Å². The average molecular weight is 249 g/mol. The van der Waals surface area contributed by atoms with Crippen LogP contribution in [0.3, 0.4) is 0 Å². The van der Waals surface area contributed by atoms with Crippen LogP contribution in [0.2, 0.25) is 0 Å². The average Bonchev–Trinajstić information content (AvgIpc) is 2.36. The second kappa shape index (κ2) is 6.01. The number of hydrogen-bond donors (Lipinski definition) is 2. The molecule has 100 valence electrons. The Bertz CT molecular complexity index is 393. The molecule has 0 aliphatic heterocycles. The van der Waals surface area contributed by atoms with E-state index < -0.39 is 0 Å². The zero-order chi connectivity index (χ0) is 13.8. The summed E-state index contributed by atoms with van der Waals surface area (Å²) in [7, 11) is 0. The summed E-state index contributed by atoms with van der Waals surface area (Å²) in [6, 6.07) is 7.65. The Morgan fingerprint density at radius 3 is 2.28 bits per heavy atom. The molecule has 0 spiro atoms. The van der Waals surface area contributed by atoms with Gasteiger partial charge in [-0.3, -0.25) is 4.79 Å². The van der Waals surface area contributed by atoms with Crippen molar-refractivity contribution in [3.8, 4) is 0 Å². The summed E-state index contributed by atoms with van der Waals surface area (Å²) in [6.07, 6.45) is 0. The van der Waals surface area contributed by atoms with Gasteiger partial charge >= 0.3 is 0 Å².